The van der Waals surface area contributed by atoms with Crippen molar-refractivity contribution in [3.8, 4) is 0 Å². The van der Waals surface area contributed by atoms with Gasteiger partial charge in [-0.05, 0) is 43.8 Å². The fourth-order valence-electron chi connectivity index (χ4n) is 4.07. The fourth-order valence-corrected chi connectivity index (χ4v) is 4.07. The molecule has 1 aromatic carbocycles. The highest BCUT2D eigenvalue weighted by Crippen LogP contribution is 2.41. The van der Waals surface area contributed by atoms with Gasteiger partial charge in [-0.15, -0.1) is 0 Å². The molecule has 0 N–H and O–H groups in total. The number of ether oxygens (including phenoxy) is 1. The molecule has 0 bridgehead atoms. The van der Waals surface area contributed by atoms with Gasteiger partial charge in [-0.2, -0.15) is 0 Å². The van der Waals surface area contributed by atoms with E-state index in [-0.39, 0.29) is 23.3 Å². The van der Waals surface area contributed by atoms with Crippen molar-refractivity contribution in [1.82, 2.24) is 9.80 Å². The van der Waals surface area contributed by atoms with Crippen LogP contribution in [-0.2, 0) is 14.3 Å². The van der Waals surface area contributed by atoms with Crippen LogP contribution in [0, 0.1) is 5.41 Å². The monoisotopic (exact) mass is 356 g/mol. The molecule has 0 aromatic heterocycles. The first-order valence-electron chi connectivity index (χ1n) is 9.34. The van der Waals surface area contributed by atoms with E-state index in [0.717, 1.165) is 38.0 Å². The second kappa shape index (κ2) is 8.04. The normalized spacial score (nSPS) is 21.5. The molecule has 2 fully saturated rings. The zero-order valence-electron chi connectivity index (χ0n) is 15.7. The second-order valence-electron chi connectivity index (χ2n) is 7.50. The maximum absolute atomic E-state index is 12.5. The summed E-state index contributed by atoms with van der Waals surface area (Å²) in [7, 11) is 1.43. The lowest BCUT2D eigenvalue weighted by atomic mass is 9.77. The van der Waals surface area contributed by atoms with Crippen LogP contribution >= 0.6 is 0 Å². The number of methoxy groups -OCH3 is 1. The summed E-state index contributed by atoms with van der Waals surface area (Å²) in [6.07, 6.45) is 6.68. The standard InChI is InChI=1S/C21H28N2O3/c1-17(20(25)26-2)22-13-10-21(11-14-22)15-19(24)23(16-21)12-6-9-18-7-4-3-5-8-18/h3-9,17H,10-16H2,1-2H3/b9-6+/t17-/m0/s1. The quantitative estimate of drug-likeness (QED) is 0.761. The number of esters is 1. The number of rotatable bonds is 5. The van der Waals surface area contributed by atoms with Crippen LogP contribution in [0.25, 0.3) is 6.08 Å². The van der Waals surface area contributed by atoms with Gasteiger partial charge in [0.15, 0.2) is 0 Å². The summed E-state index contributed by atoms with van der Waals surface area (Å²) in [5.41, 5.74) is 1.23. The minimum Gasteiger partial charge on any atom is -0.468 e. The van der Waals surface area contributed by atoms with Crippen LogP contribution in [0.4, 0.5) is 0 Å². The van der Waals surface area contributed by atoms with E-state index in [2.05, 4.69) is 29.2 Å². The Bertz CT molecular complexity index is 663. The van der Waals surface area contributed by atoms with E-state index in [9.17, 15) is 9.59 Å². The van der Waals surface area contributed by atoms with Gasteiger partial charge in [0.05, 0.1) is 7.11 Å². The highest BCUT2D eigenvalue weighted by atomic mass is 16.5. The number of benzene rings is 1. The van der Waals surface area contributed by atoms with E-state index in [4.69, 9.17) is 4.74 Å². The lowest BCUT2D eigenvalue weighted by Gasteiger charge is -2.40. The topological polar surface area (TPSA) is 49.9 Å². The molecule has 2 heterocycles. The summed E-state index contributed by atoms with van der Waals surface area (Å²) < 4.78 is 4.85. The van der Waals surface area contributed by atoms with Gasteiger partial charge in [-0.1, -0.05) is 42.5 Å². The van der Waals surface area contributed by atoms with E-state index in [0.29, 0.717) is 13.0 Å². The van der Waals surface area contributed by atoms with Gasteiger partial charge in [0.25, 0.3) is 0 Å². The lowest BCUT2D eigenvalue weighted by molar-refractivity contribution is -0.147. The Morgan fingerprint density at radius 3 is 2.62 bits per heavy atom. The first kappa shape index (κ1) is 18.6. The summed E-state index contributed by atoms with van der Waals surface area (Å²) >= 11 is 0. The molecule has 0 aliphatic carbocycles. The SMILES string of the molecule is COC(=O)[C@H](C)N1CCC2(CC1)CC(=O)N(C/C=C/c1ccccc1)C2. The van der Waals surface area contributed by atoms with Crippen molar-refractivity contribution >= 4 is 18.0 Å². The van der Waals surface area contributed by atoms with Crippen molar-refractivity contribution in [2.24, 2.45) is 5.41 Å². The Morgan fingerprint density at radius 2 is 1.96 bits per heavy atom. The number of hydrogen-bond acceptors (Lipinski definition) is 4. The molecule has 2 aliphatic heterocycles. The van der Waals surface area contributed by atoms with Crippen molar-refractivity contribution in [2.45, 2.75) is 32.2 Å². The van der Waals surface area contributed by atoms with Crippen molar-refractivity contribution in [1.29, 1.82) is 0 Å². The maximum Gasteiger partial charge on any atom is 0.322 e. The Morgan fingerprint density at radius 1 is 1.27 bits per heavy atom. The van der Waals surface area contributed by atoms with Crippen molar-refractivity contribution < 1.29 is 14.3 Å². The highest BCUT2D eigenvalue weighted by molar-refractivity contribution is 5.80. The Labute approximate surface area is 155 Å². The Kier molecular flexibility index (Phi) is 5.77. The molecule has 26 heavy (non-hydrogen) atoms. The van der Waals surface area contributed by atoms with Crippen LogP contribution in [0.15, 0.2) is 36.4 Å². The largest absolute Gasteiger partial charge is 0.468 e. The highest BCUT2D eigenvalue weighted by Gasteiger charge is 2.45. The fraction of sp³-hybridized carbons (Fsp3) is 0.524. The minimum atomic E-state index is -0.209. The third kappa shape index (κ3) is 4.15. The van der Waals surface area contributed by atoms with Crippen LogP contribution in [0.3, 0.4) is 0 Å². The smallest absolute Gasteiger partial charge is 0.322 e. The summed E-state index contributed by atoms with van der Waals surface area (Å²) in [5.74, 6) is 0.0632. The molecular weight excluding hydrogens is 328 g/mol. The molecule has 2 saturated heterocycles. The lowest BCUT2D eigenvalue weighted by Crippen LogP contribution is -2.48. The average Bonchev–Trinajstić information content (AvgIpc) is 2.97. The molecule has 1 amide bonds. The molecule has 5 heteroatoms. The molecule has 1 spiro atoms. The van der Waals surface area contributed by atoms with E-state index >= 15 is 0 Å². The molecule has 0 saturated carbocycles. The molecule has 0 unspecified atom stereocenters. The average molecular weight is 356 g/mol. The molecule has 2 aliphatic rings. The zero-order chi connectivity index (χ0) is 18.6. The number of likely N-dealkylation sites (tertiary alicyclic amines) is 2. The molecule has 140 valence electrons. The van der Waals surface area contributed by atoms with Gasteiger partial charge in [0.2, 0.25) is 5.91 Å². The predicted molar refractivity (Wildman–Crippen MR) is 101 cm³/mol. The van der Waals surface area contributed by atoms with Crippen molar-refractivity contribution in [2.75, 3.05) is 33.3 Å². The van der Waals surface area contributed by atoms with Gasteiger partial charge in [-0.3, -0.25) is 14.5 Å². The third-order valence-corrected chi connectivity index (χ3v) is 5.79. The Hall–Kier alpha value is -2.14. The van der Waals surface area contributed by atoms with Crippen LogP contribution < -0.4 is 0 Å². The first-order chi connectivity index (χ1) is 12.5. The summed E-state index contributed by atoms with van der Waals surface area (Å²) in [6, 6.07) is 9.93. The predicted octanol–water partition coefficient (Wildman–Crippen LogP) is 2.58. The first-order valence-corrected chi connectivity index (χ1v) is 9.34. The molecule has 5 nitrogen and oxygen atoms in total. The van der Waals surface area contributed by atoms with Crippen molar-refractivity contribution in [3.05, 3.63) is 42.0 Å². The Balaban J connectivity index is 1.53. The molecular formula is C21H28N2O3. The van der Waals surface area contributed by atoms with Gasteiger partial charge in [-0.25, -0.2) is 0 Å². The molecule has 0 radical (unpaired) electrons. The van der Waals surface area contributed by atoms with Crippen LogP contribution in [-0.4, -0.2) is 61.0 Å². The summed E-state index contributed by atoms with van der Waals surface area (Å²) in [5, 5.41) is 0. The van der Waals surface area contributed by atoms with Gasteiger partial charge >= 0.3 is 5.97 Å². The van der Waals surface area contributed by atoms with E-state index in [1.807, 2.05) is 30.0 Å². The molecule has 1 aromatic rings. The summed E-state index contributed by atoms with van der Waals surface area (Å²) in [6.45, 7) is 5.07. The van der Waals surface area contributed by atoms with E-state index in [1.54, 1.807) is 0 Å². The van der Waals surface area contributed by atoms with Crippen LogP contribution in [0.1, 0.15) is 31.7 Å². The summed E-state index contributed by atoms with van der Waals surface area (Å²) in [4.78, 5) is 28.3. The van der Waals surface area contributed by atoms with Crippen LogP contribution in [0.2, 0.25) is 0 Å². The molecule has 1 atom stereocenters. The molecule has 3 rings (SSSR count). The van der Waals surface area contributed by atoms with Gasteiger partial charge in [0, 0.05) is 19.5 Å². The number of hydrogen-bond donors (Lipinski definition) is 0. The number of amides is 1. The van der Waals surface area contributed by atoms with Crippen LogP contribution in [0.5, 0.6) is 0 Å². The third-order valence-electron chi connectivity index (χ3n) is 5.79. The van der Waals surface area contributed by atoms with E-state index in [1.165, 1.54) is 7.11 Å². The van der Waals surface area contributed by atoms with Crippen molar-refractivity contribution in [3.63, 3.8) is 0 Å². The maximum atomic E-state index is 12.5. The number of carbonyl (C=O) groups excluding carboxylic acids is 2. The second-order valence-corrected chi connectivity index (χ2v) is 7.50. The minimum absolute atomic E-state index is 0.0734. The number of piperidine rings is 1. The zero-order valence-corrected chi connectivity index (χ0v) is 15.7. The van der Waals surface area contributed by atoms with Gasteiger partial charge < -0.3 is 9.64 Å². The number of nitrogens with zero attached hydrogens (tertiary/aromatic N) is 2. The number of carbonyl (C=O) groups is 2. The van der Waals surface area contributed by atoms with E-state index < -0.39 is 0 Å². The van der Waals surface area contributed by atoms with Gasteiger partial charge in [0.1, 0.15) is 6.04 Å².